The zero-order valence-electron chi connectivity index (χ0n) is 10.3. The predicted octanol–water partition coefficient (Wildman–Crippen LogP) is 1.93. The van der Waals surface area contributed by atoms with Gasteiger partial charge in [-0.25, -0.2) is 4.98 Å². The van der Waals surface area contributed by atoms with E-state index in [1.165, 1.54) is 15.9 Å². The number of anilines is 1. The fraction of sp³-hybridized carbons (Fsp3) is 0.364. The molecule has 0 radical (unpaired) electrons. The van der Waals surface area contributed by atoms with Crippen molar-refractivity contribution in [3.63, 3.8) is 0 Å². The first kappa shape index (κ1) is 13.0. The van der Waals surface area contributed by atoms with Crippen LogP contribution in [0.5, 0.6) is 0 Å². The van der Waals surface area contributed by atoms with Crippen molar-refractivity contribution in [2.45, 2.75) is 27.3 Å². The summed E-state index contributed by atoms with van der Waals surface area (Å²) < 4.78 is 1.45. The van der Waals surface area contributed by atoms with Crippen LogP contribution < -0.4 is 10.2 Å². The zero-order valence-corrected chi connectivity index (χ0v) is 11.9. The van der Waals surface area contributed by atoms with Crippen LogP contribution >= 0.6 is 22.7 Å². The molecule has 2 rings (SSSR count). The van der Waals surface area contributed by atoms with E-state index in [1.54, 1.807) is 5.38 Å². The van der Waals surface area contributed by atoms with Crippen molar-refractivity contribution in [1.29, 1.82) is 0 Å². The standard InChI is InChI=1S/C11H13N3O2S2/c1-6-5-17-11(16)14(6)4-9(15)13-10-12-7(2)8(3)18-10/h5H,4H2,1-3H3,(H,12,13,15). The highest BCUT2D eigenvalue weighted by atomic mass is 32.1. The molecule has 5 nitrogen and oxygen atoms in total. The molecule has 0 aliphatic rings. The third-order valence-corrected chi connectivity index (χ3v) is 4.42. The minimum atomic E-state index is -0.229. The molecule has 0 fully saturated rings. The van der Waals surface area contributed by atoms with E-state index in [0.717, 1.165) is 27.6 Å². The fourth-order valence-corrected chi connectivity index (χ4v) is 2.99. The Morgan fingerprint density at radius 3 is 2.67 bits per heavy atom. The molecule has 0 bridgehead atoms. The number of nitrogens with zero attached hydrogens (tertiary/aromatic N) is 2. The summed E-state index contributed by atoms with van der Waals surface area (Å²) in [6.07, 6.45) is 0. The Morgan fingerprint density at radius 2 is 2.17 bits per heavy atom. The first-order chi connectivity index (χ1) is 8.47. The van der Waals surface area contributed by atoms with Gasteiger partial charge in [0.2, 0.25) is 5.91 Å². The molecule has 2 aromatic rings. The highest BCUT2D eigenvalue weighted by molar-refractivity contribution is 7.15. The number of hydrogen-bond acceptors (Lipinski definition) is 5. The predicted molar refractivity (Wildman–Crippen MR) is 73.5 cm³/mol. The lowest BCUT2D eigenvalue weighted by molar-refractivity contribution is -0.116. The Balaban J connectivity index is 2.08. The number of nitrogens with one attached hydrogen (secondary N) is 1. The van der Waals surface area contributed by atoms with Crippen molar-refractivity contribution >= 4 is 33.7 Å². The Labute approximate surface area is 112 Å². The maximum Gasteiger partial charge on any atom is 0.307 e. The van der Waals surface area contributed by atoms with Gasteiger partial charge in [-0.1, -0.05) is 11.3 Å². The molecule has 0 aliphatic carbocycles. The van der Waals surface area contributed by atoms with E-state index in [0.29, 0.717) is 5.13 Å². The average molecular weight is 283 g/mol. The number of amides is 1. The Bertz CT molecular complexity index is 619. The Morgan fingerprint density at radius 1 is 1.44 bits per heavy atom. The molecule has 2 heterocycles. The van der Waals surface area contributed by atoms with Gasteiger partial charge in [0.15, 0.2) is 5.13 Å². The molecule has 0 saturated carbocycles. The monoisotopic (exact) mass is 283 g/mol. The summed E-state index contributed by atoms with van der Waals surface area (Å²) in [6.45, 7) is 5.69. The van der Waals surface area contributed by atoms with Crippen LogP contribution in [0.25, 0.3) is 0 Å². The third-order valence-electron chi connectivity index (χ3n) is 2.55. The molecule has 1 amide bonds. The van der Waals surface area contributed by atoms with Gasteiger partial charge in [0.05, 0.1) is 5.69 Å². The molecule has 7 heteroatoms. The highest BCUT2D eigenvalue weighted by Crippen LogP contribution is 2.20. The fourth-order valence-electron chi connectivity index (χ4n) is 1.42. The number of thiazole rings is 2. The van der Waals surface area contributed by atoms with E-state index in [-0.39, 0.29) is 17.3 Å². The smallest absolute Gasteiger partial charge is 0.300 e. The second kappa shape index (κ2) is 5.03. The second-order valence-electron chi connectivity index (χ2n) is 3.94. The van der Waals surface area contributed by atoms with Crippen molar-refractivity contribution in [3.05, 3.63) is 31.3 Å². The van der Waals surface area contributed by atoms with Gasteiger partial charge in [-0.15, -0.1) is 11.3 Å². The summed E-state index contributed by atoms with van der Waals surface area (Å²) in [5.41, 5.74) is 1.71. The Kier molecular flexibility index (Phi) is 3.63. The highest BCUT2D eigenvalue weighted by Gasteiger charge is 2.11. The van der Waals surface area contributed by atoms with Crippen LogP contribution in [0.3, 0.4) is 0 Å². The van der Waals surface area contributed by atoms with Gasteiger partial charge in [0.25, 0.3) is 0 Å². The van der Waals surface area contributed by atoms with E-state index >= 15 is 0 Å². The Hall–Kier alpha value is -1.47. The zero-order chi connectivity index (χ0) is 13.3. The number of carbonyl (C=O) groups is 1. The topological polar surface area (TPSA) is 64.0 Å². The number of rotatable bonds is 3. The molecular weight excluding hydrogens is 270 g/mol. The minimum Gasteiger partial charge on any atom is -0.300 e. The van der Waals surface area contributed by atoms with Crippen molar-refractivity contribution < 1.29 is 4.79 Å². The first-order valence-corrected chi connectivity index (χ1v) is 7.06. The van der Waals surface area contributed by atoms with Gasteiger partial charge in [-0.2, -0.15) is 0 Å². The summed E-state index contributed by atoms with van der Waals surface area (Å²) in [4.78, 5) is 28.5. The van der Waals surface area contributed by atoms with Gasteiger partial charge < -0.3 is 5.32 Å². The SMILES string of the molecule is Cc1nc(NC(=O)Cn2c(C)csc2=O)sc1C. The van der Waals surface area contributed by atoms with Crippen LogP contribution in [0.4, 0.5) is 5.13 Å². The van der Waals surface area contributed by atoms with Crippen LogP contribution in [-0.2, 0) is 11.3 Å². The third kappa shape index (κ3) is 2.68. The molecular formula is C11H13N3O2S2. The second-order valence-corrected chi connectivity index (χ2v) is 5.96. The number of carbonyl (C=O) groups excluding carboxylic acids is 1. The summed E-state index contributed by atoms with van der Waals surface area (Å²) in [5, 5.41) is 5.03. The van der Waals surface area contributed by atoms with Crippen LogP contribution in [0, 0.1) is 20.8 Å². The van der Waals surface area contributed by atoms with E-state index in [1.807, 2.05) is 20.8 Å². The van der Waals surface area contributed by atoms with Gasteiger partial charge in [-0.05, 0) is 20.8 Å². The molecule has 0 aliphatic heterocycles. The maximum absolute atomic E-state index is 11.8. The minimum absolute atomic E-state index is 0.0336. The molecule has 0 saturated heterocycles. The normalized spacial score (nSPS) is 10.6. The largest absolute Gasteiger partial charge is 0.307 e. The lowest BCUT2D eigenvalue weighted by Crippen LogP contribution is -2.25. The van der Waals surface area contributed by atoms with E-state index in [4.69, 9.17) is 0 Å². The molecule has 96 valence electrons. The van der Waals surface area contributed by atoms with Gasteiger partial charge >= 0.3 is 4.87 Å². The summed E-state index contributed by atoms with van der Waals surface area (Å²) in [5.74, 6) is -0.229. The van der Waals surface area contributed by atoms with E-state index in [9.17, 15) is 9.59 Å². The number of hydrogen-bond donors (Lipinski definition) is 1. The van der Waals surface area contributed by atoms with Crippen molar-refractivity contribution in [2.75, 3.05) is 5.32 Å². The van der Waals surface area contributed by atoms with Crippen LogP contribution in [0.1, 0.15) is 16.3 Å². The summed E-state index contributed by atoms with van der Waals surface area (Å²) in [7, 11) is 0. The molecule has 2 aromatic heterocycles. The lowest BCUT2D eigenvalue weighted by Gasteiger charge is -2.03. The molecule has 0 atom stereocenters. The van der Waals surface area contributed by atoms with Crippen molar-refractivity contribution in [3.8, 4) is 0 Å². The first-order valence-electron chi connectivity index (χ1n) is 5.36. The van der Waals surface area contributed by atoms with Crippen LogP contribution in [0.15, 0.2) is 10.2 Å². The maximum atomic E-state index is 11.8. The quantitative estimate of drug-likeness (QED) is 0.936. The average Bonchev–Trinajstić information content (AvgIpc) is 2.76. The lowest BCUT2D eigenvalue weighted by atomic mass is 10.4. The summed E-state index contributed by atoms with van der Waals surface area (Å²) >= 11 is 2.54. The number of aromatic nitrogens is 2. The molecule has 0 spiro atoms. The van der Waals surface area contributed by atoms with E-state index < -0.39 is 0 Å². The number of aryl methyl sites for hydroxylation is 3. The van der Waals surface area contributed by atoms with Crippen molar-refractivity contribution in [2.24, 2.45) is 0 Å². The van der Waals surface area contributed by atoms with Crippen LogP contribution in [0.2, 0.25) is 0 Å². The van der Waals surface area contributed by atoms with Crippen molar-refractivity contribution in [1.82, 2.24) is 9.55 Å². The van der Waals surface area contributed by atoms with Crippen LogP contribution in [-0.4, -0.2) is 15.5 Å². The van der Waals surface area contributed by atoms with Gasteiger partial charge in [0, 0.05) is 16.0 Å². The molecule has 18 heavy (non-hydrogen) atoms. The molecule has 1 N–H and O–H groups in total. The molecule has 0 aromatic carbocycles. The van der Waals surface area contributed by atoms with Gasteiger partial charge in [-0.3, -0.25) is 14.2 Å². The summed E-state index contributed by atoms with van der Waals surface area (Å²) in [6, 6.07) is 0. The van der Waals surface area contributed by atoms with E-state index in [2.05, 4.69) is 10.3 Å². The molecule has 0 unspecified atom stereocenters. The van der Waals surface area contributed by atoms with Gasteiger partial charge in [0.1, 0.15) is 6.54 Å².